The Morgan fingerprint density at radius 1 is 0.818 bits per heavy atom. The third-order valence-electron chi connectivity index (χ3n) is 2.28. The zero-order valence-electron chi connectivity index (χ0n) is 14.1. The molecule has 0 heterocycles. The molecular formula is C14H28N2O6. The summed E-state index contributed by atoms with van der Waals surface area (Å²) in [5, 5.41) is 23.5. The minimum absolute atomic E-state index is 0.486. The van der Waals surface area contributed by atoms with E-state index < -0.39 is 48.7 Å². The number of hydrogen-bond acceptors (Lipinski definition) is 6. The standard InChI is InChI=1S/C14H28N2O6/c1-13(2,3)21-11(19)15-9(7-17)10(8-18)16-12(20)22-14(4,5)6/h9-10,17-18H,7-8H2,1-6H3,(H,15,19)(H,16,20)/t9-,10-/m0/s1. The fourth-order valence-corrected chi connectivity index (χ4v) is 1.46. The van der Waals surface area contributed by atoms with Crippen molar-refractivity contribution in [2.75, 3.05) is 13.2 Å². The predicted molar refractivity (Wildman–Crippen MR) is 80.5 cm³/mol. The number of aliphatic hydroxyl groups excluding tert-OH is 2. The second kappa shape index (κ2) is 8.19. The monoisotopic (exact) mass is 320 g/mol. The maximum absolute atomic E-state index is 11.7. The number of nitrogens with one attached hydrogen (secondary N) is 2. The van der Waals surface area contributed by atoms with Gasteiger partial charge in [-0.1, -0.05) is 0 Å². The van der Waals surface area contributed by atoms with Crippen molar-refractivity contribution in [1.82, 2.24) is 10.6 Å². The van der Waals surface area contributed by atoms with Gasteiger partial charge in [0, 0.05) is 0 Å². The van der Waals surface area contributed by atoms with Gasteiger partial charge in [-0.15, -0.1) is 0 Å². The van der Waals surface area contributed by atoms with Crippen LogP contribution in [0.25, 0.3) is 0 Å². The van der Waals surface area contributed by atoms with Crippen molar-refractivity contribution in [1.29, 1.82) is 0 Å². The van der Waals surface area contributed by atoms with E-state index in [9.17, 15) is 19.8 Å². The molecular weight excluding hydrogens is 292 g/mol. The summed E-state index contributed by atoms with van der Waals surface area (Å²) in [5.41, 5.74) is -1.39. The van der Waals surface area contributed by atoms with Gasteiger partial charge < -0.3 is 30.3 Å². The minimum Gasteiger partial charge on any atom is -0.444 e. The van der Waals surface area contributed by atoms with E-state index in [0.717, 1.165) is 0 Å². The first-order valence-electron chi connectivity index (χ1n) is 7.08. The highest BCUT2D eigenvalue weighted by molar-refractivity contribution is 5.70. The van der Waals surface area contributed by atoms with E-state index in [4.69, 9.17) is 9.47 Å². The summed E-state index contributed by atoms with van der Waals surface area (Å²) in [5.74, 6) is 0. The van der Waals surface area contributed by atoms with Crippen molar-refractivity contribution in [3.05, 3.63) is 0 Å². The number of carbonyl (C=O) groups excluding carboxylic acids is 2. The van der Waals surface area contributed by atoms with Crippen LogP contribution in [-0.2, 0) is 9.47 Å². The van der Waals surface area contributed by atoms with Crippen molar-refractivity contribution in [3.8, 4) is 0 Å². The first-order chi connectivity index (χ1) is 9.88. The normalized spacial score (nSPS) is 14.7. The molecule has 0 bridgehead atoms. The van der Waals surface area contributed by atoms with Crippen LogP contribution in [0.5, 0.6) is 0 Å². The number of ether oxygens (including phenoxy) is 2. The smallest absolute Gasteiger partial charge is 0.408 e. The molecule has 0 fully saturated rings. The van der Waals surface area contributed by atoms with Crippen LogP contribution < -0.4 is 10.6 Å². The molecule has 4 N–H and O–H groups in total. The maximum atomic E-state index is 11.7. The molecule has 0 spiro atoms. The molecule has 22 heavy (non-hydrogen) atoms. The Balaban J connectivity index is 4.67. The Kier molecular flexibility index (Phi) is 7.61. The summed E-state index contributed by atoms with van der Waals surface area (Å²) in [6.45, 7) is 9.21. The maximum Gasteiger partial charge on any atom is 0.408 e. The molecule has 0 rings (SSSR count). The van der Waals surface area contributed by atoms with Gasteiger partial charge in [-0.3, -0.25) is 0 Å². The summed E-state index contributed by atoms with van der Waals surface area (Å²) < 4.78 is 10.1. The summed E-state index contributed by atoms with van der Waals surface area (Å²) >= 11 is 0. The second-order valence-electron chi connectivity index (χ2n) is 6.87. The van der Waals surface area contributed by atoms with E-state index in [1.807, 2.05) is 0 Å². The first-order valence-corrected chi connectivity index (χ1v) is 7.08. The zero-order valence-corrected chi connectivity index (χ0v) is 14.1. The van der Waals surface area contributed by atoms with Gasteiger partial charge in [-0.2, -0.15) is 0 Å². The summed E-state index contributed by atoms with van der Waals surface area (Å²) in [6, 6.07) is -1.82. The highest BCUT2D eigenvalue weighted by atomic mass is 16.6. The van der Waals surface area contributed by atoms with Gasteiger partial charge in [0.05, 0.1) is 25.3 Å². The predicted octanol–water partition coefficient (Wildman–Crippen LogP) is 0.758. The van der Waals surface area contributed by atoms with E-state index >= 15 is 0 Å². The van der Waals surface area contributed by atoms with Gasteiger partial charge in [-0.25, -0.2) is 9.59 Å². The summed E-state index contributed by atoms with van der Waals surface area (Å²) in [7, 11) is 0. The van der Waals surface area contributed by atoms with Gasteiger partial charge in [0.15, 0.2) is 0 Å². The van der Waals surface area contributed by atoms with E-state index in [2.05, 4.69) is 10.6 Å². The number of rotatable bonds is 5. The Labute approximate surface area is 131 Å². The van der Waals surface area contributed by atoms with Crippen molar-refractivity contribution < 1.29 is 29.3 Å². The second-order valence-corrected chi connectivity index (χ2v) is 6.87. The van der Waals surface area contributed by atoms with Crippen LogP contribution in [0.1, 0.15) is 41.5 Å². The summed E-state index contributed by atoms with van der Waals surface area (Å²) in [6.07, 6.45) is -1.51. The fourth-order valence-electron chi connectivity index (χ4n) is 1.46. The average molecular weight is 320 g/mol. The van der Waals surface area contributed by atoms with E-state index in [0.29, 0.717) is 0 Å². The third-order valence-corrected chi connectivity index (χ3v) is 2.28. The molecule has 130 valence electrons. The van der Waals surface area contributed by atoms with Gasteiger partial charge in [-0.05, 0) is 41.5 Å². The molecule has 0 aliphatic heterocycles. The molecule has 0 aromatic carbocycles. The molecule has 0 aromatic rings. The van der Waals surface area contributed by atoms with Gasteiger partial charge in [0.2, 0.25) is 0 Å². The lowest BCUT2D eigenvalue weighted by atomic mass is 10.1. The van der Waals surface area contributed by atoms with Crippen molar-refractivity contribution >= 4 is 12.2 Å². The Bertz CT molecular complexity index is 337. The van der Waals surface area contributed by atoms with Crippen molar-refractivity contribution in [2.24, 2.45) is 0 Å². The van der Waals surface area contributed by atoms with Crippen molar-refractivity contribution in [2.45, 2.75) is 64.8 Å². The number of carbonyl (C=O) groups is 2. The van der Waals surface area contributed by atoms with E-state index in [1.54, 1.807) is 41.5 Å². The molecule has 8 nitrogen and oxygen atoms in total. The van der Waals surface area contributed by atoms with Crippen LogP contribution in [0.3, 0.4) is 0 Å². The molecule has 0 saturated heterocycles. The quantitative estimate of drug-likeness (QED) is 0.594. The summed E-state index contributed by atoms with van der Waals surface area (Å²) in [4.78, 5) is 23.4. The Hall–Kier alpha value is -1.54. The molecule has 0 unspecified atom stereocenters. The topological polar surface area (TPSA) is 117 Å². The van der Waals surface area contributed by atoms with Crippen molar-refractivity contribution in [3.63, 3.8) is 0 Å². The van der Waals surface area contributed by atoms with Crippen LogP contribution >= 0.6 is 0 Å². The third kappa shape index (κ3) is 9.41. The largest absolute Gasteiger partial charge is 0.444 e. The Morgan fingerprint density at radius 2 is 1.09 bits per heavy atom. The SMILES string of the molecule is CC(C)(C)OC(=O)N[C@@H](CO)[C@H](CO)NC(=O)OC(C)(C)C. The van der Waals surface area contributed by atoms with Gasteiger partial charge in [0.1, 0.15) is 11.2 Å². The highest BCUT2D eigenvalue weighted by Crippen LogP contribution is 2.09. The molecule has 2 amide bonds. The van der Waals surface area contributed by atoms with Crippen LogP contribution in [0, 0.1) is 0 Å². The lowest BCUT2D eigenvalue weighted by Crippen LogP contribution is -2.56. The molecule has 2 atom stereocenters. The van der Waals surface area contributed by atoms with Crippen LogP contribution in [-0.4, -0.2) is 58.9 Å². The minimum atomic E-state index is -0.910. The van der Waals surface area contributed by atoms with E-state index in [-0.39, 0.29) is 0 Å². The lowest BCUT2D eigenvalue weighted by Gasteiger charge is -2.28. The zero-order chi connectivity index (χ0) is 17.6. The first kappa shape index (κ1) is 20.5. The van der Waals surface area contributed by atoms with Gasteiger partial charge >= 0.3 is 12.2 Å². The number of alkyl carbamates (subject to hydrolysis) is 2. The van der Waals surface area contributed by atoms with E-state index in [1.165, 1.54) is 0 Å². The molecule has 8 heteroatoms. The lowest BCUT2D eigenvalue weighted by molar-refractivity contribution is 0.0365. The number of hydrogen-bond donors (Lipinski definition) is 4. The molecule has 0 saturated carbocycles. The number of amides is 2. The fraction of sp³-hybridized carbons (Fsp3) is 0.857. The van der Waals surface area contributed by atoms with Gasteiger partial charge in [0.25, 0.3) is 0 Å². The molecule has 0 aromatic heterocycles. The van der Waals surface area contributed by atoms with Crippen LogP contribution in [0.15, 0.2) is 0 Å². The Morgan fingerprint density at radius 3 is 1.27 bits per heavy atom. The van der Waals surface area contributed by atoms with Crippen LogP contribution in [0.2, 0.25) is 0 Å². The molecule has 0 radical (unpaired) electrons. The number of aliphatic hydroxyl groups is 2. The van der Waals surface area contributed by atoms with Crippen LogP contribution in [0.4, 0.5) is 9.59 Å². The molecule has 0 aliphatic carbocycles. The average Bonchev–Trinajstić information content (AvgIpc) is 2.28. The highest BCUT2D eigenvalue weighted by Gasteiger charge is 2.28. The molecule has 0 aliphatic rings.